The molecule has 0 heterocycles. The second-order valence-electron chi connectivity index (χ2n) is 6.37. The molecule has 1 aromatic carbocycles. The predicted molar refractivity (Wildman–Crippen MR) is 85.0 cm³/mol. The van der Waals surface area contributed by atoms with Crippen LogP contribution in [0.2, 0.25) is 5.02 Å². The lowest BCUT2D eigenvalue weighted by atomic mass is 9.61. The molecule has 2 atom stereocenters. The number of halogens is 2. The van der Waals surface area contributed by atoms with Gasteiger partial charge in [-0.3, -0.25) is 0 Å². The second-order valence-corrected chi connectivity index (χ2v) is 7.30. The normalized spacial score (nSPS) is 28.8. The van der Waals surface area contributed by atoms with Gasteiger partial charge in [-0.25, -0.2) is 0 Å². The number of ether oxygens (including phenoxy) is 1. The van der Waals surface area contributed by atoms with Crippen molar-refractivity contribution >= 4 is 23.2 Å². The number of benzene rings is 1. The lowest BCUT2D eigenvalue weighted by Crippen LogP contribution is -2.57. The molecule has 20 heavy (non-hydrogen) atoms. The van der Waals surface area contributed by atoms with Crippen LogP contribution in [-0.2, 0) is 0 Å². The molecular formula is C17H22Cl2O. The smallest absolute Gasteiger partial charge is 0.120 e. The Bertz CT molecular complexity index is 478. The third-order valence-electron chi connectivity index (χ3n) is 5.13. The fourth-order valence-corrected chi connectivity index (χ4v) is 4.38. The third kappa shape index (κ3) is 2.55. The average molecular weight is 313 g/mol. The lowest BCUT2D eigenvalue weighted by Gasteiger charge is -2.53. The van der Waals surface area contributed by atoms with Crippen LogP contribution < -0.4 is 4.74 Å². The van der Waals surface area contributed by atoms with Crippen LogP contribution in [0.5, 0.6) is 5.75 Å². The maximum atomic E-state index is 6.57. The average Bonchev–Trinajstić information content (AvgIpc) is 2.70. The highest BCUT2D eigenvalue weighted by Crippen LogP contribution is 2.55. The van der Waals surface area contributed by atoms with Crippen molar-refractivity contribution in [2.45, 2.75) is 63.4 Å². The van der Waals surface area contributed by atoms with Crippen LogP contribution in [0.15, 0.2) is 18.2 Å². The molecule has 3 rings (SSSR count). The van der Waals surface area contributed by atoms with Crippen molar-refractivity contribution in [1.82, 2.24) is 0 Å². The molecule has 1 spiro atoms. The summed E-state index contributed by atoms with van der Waals surface area (Å²) in [6.07, 6.45) is 8.98. The largest absolute Gasteiger partial charge is 0.490 e. The zero-order valence-corrected chi connectivity index (χ0v) is 13.5. The molecule has 2 aliphatic rings. The maximum Gasteiger partial charge on any atom is 0.120 e. The second kappa shape index (κ2) is 5.77. The van der Waals surface area contributed by atoms with Gasteiger partial charge in [0.25, 0.3) is 0 Å². The minimum Gasteiger partial charge on any atom is -0.490 e. The number of aryl methyl sites for hydroxylation is 1. The lowest BCUT2D eigenvalue weighted by molar-refractivity contribution is -0.0512. The van der Waals surface area contributed by atoms with Gasteiger partial charge in [0.05, 0.1) is 0 Å². The molecule has 0 aliphatic heterocycles. The first-order chi connectivity index (χ1) is 9.62. The summed E-state index contributed by atoms with van der Waals surface area (Å²) in [4.78, 5) is 0. The summed E-state index contributed by atoms with van der Waals surface area (Å²) in [6.45, 7) is 2.02. The van der Waals surface area contributed by atoms with E-state index < -0.39 is 0 Å². The van der Waals surface area contributed by atoms with Gasteiger partial charge in [-0.1, -0.05) is 37.3 Å². The molecule has 2 aliphatic carbocycles. The summed E-state index contributed by atoms with van der Waals surface area (Å²) < 4.78 is 6.26. The Morgan fingerprint density at radius 2 is 1.85 bits per heavy atom. The van der Waals surface area contributed by atoms with E-state index in [2.05, 4.69) is 0 Å². The highest BCUT2D eigenvalue weighted by atomic mass is 35.5. The Kier molecular flexibility index (Phi) is 4.19. The zero-order chi connectivity index (χ0) is 14.2. The molecule has 2 unspecified atom stereocenters. The molecule has 1 aromatic rings. The van der Waals surface area contributed by atoms with Crippen molar-refractivity contribution in [2.24, 2.45) is 5.41 Å². The standard InChI is InChI=1S/C17H22Cl2O/c1-12-10-13(6-7-14(12)18)20-16-11-15(19)17(16)8-4-2-3-5-9-17/h6-7,10,15-16H,2-5,8-9,11H2,1H3. The Labute approximate surface area is 131 Å². The van der Waals surface area contributed by atoms with E-state index in [1.165, 1.54) is 38.5 Å². The zero-order valence-electron chi connectivity index (χ0n) is 12.0. The van der Waals surface area contributed by atoms with Gasteiger partial charge in [0.15, 0.2) is 0 Å². The molecule has 2 saturated carbocycles. The molecule has 0 aromatic heterocycles. The first-order valence-electron chi connectivity index (χ1n) is 7.69. The van der Waals surface area contributed by atoms with Crippen molar-refractivity contribution in [3.63, 3.8) is 0 Å². The molecular weight excluding hydrogens is 291 g/mol. The summed E-state index contributed by atoms with van der Waals surface area (Å²) >= 11 is 12.6. The Morgan fingerprint density at radius 3 is 2.45 bits per heavy atom. The SMILES string of the molecule is Cc1cc(OC2CC(Cl)C23CCCCCC3)ccc1Cl. The molecule has 3 heteroatoms. The summed E-state index contributed by atoms with van der Waals surface area (Å²) in [6, 6.07) is 5.93. The number of hydrogen-bond donors (Lipinski definition) is 0. The van der Waals surface area contributed by atoms with Crippen LogP contribution in [-0.4, -0.2) is 11.5 Å². The molecule has 0 saturated heterocycles. The molecule has 1 nitrogen and oxygen atoms in total. The maximum absolute atomic E-state index is 6.57. The monoisotopic (exact) mass is 312 g/mol. The van der Waals surface area contributed by atoms with Gasteiger partial charge in [-0.05, 0) is 43.5 Å². The summed E-state index contributed by atoms with van der Waals surface area (Å²) in [7, 11) is 0. The Morgan fingerprint density at radius 1 is 1.15 bits per heavy atom. The van der Waals surface area contributed by atoms with Crippen molar-refractivity contribution in [3.05, 3.63) is 28.8 Å². The van der Waals surface area contributed by atoms with Gasteiger partial charge in [-0.15, -0.1) is 11.6 Å². The van der Waals surface area contributed by atoms with E-state index in [1.54, 1.807) is 0 Å². The summed E-state index contributed by atoms with van der Waals surface area (Å²) in [5.74, 6) is 0.934. The fourth-order valence-electron chi connectivity index (χ4n) is 3.74. The fraction of sp³-hybridized carbons (Fsp3) is 0.647. The van der Waals surface area contributed by atoms with Crippen LogP contribution >= 0.6 is 23.2 Å². The van der Waals surface area contributed by atoms with Gasteiger partial charge >= 0.3 is 0 Å². The van der Waals surface area contributed by atoms with Gasteiger partial charge in [0.1, 0.15) is 11.9 Å². The predicted octanol–water partition coefficient (Wildman–Crippen LogP) is 5.75. The third-order valence-corrected chi connectivity index (χ3v) is 6.17. The van der Waals surface area contributed by atoms with E-state index in [4.69, 9.17) is 27.9 Å². The van der Waals surface area contributed by atoms with E-state index in [0.717, 1.165) is 22.8 Å². The van der Waals surface area contributed by atoms with Gasteiger partial charge in [-0.2, -0.15) is 0 Å². The van der Waals surface area contributed by atoms with Gasteiger partial charge in [0, 0.05) is 22.2 Å². The first-order valence-corrected chi connectivity index (χ1v) is 8.50. The van der Waals surface area contributed by atoms with E-state index in [0.29, 0.717) is 5.38 Å². The van der Waals surface area contributed by atoms with Crippen molar-refractivity contribution in [1.29, 1.82) is 0 Å². The topological polar surface area (TPSA) is 9.23 Å². The number of alkyl halides is 1. The quantitative estimate of drug-likeness (QED) is 0.632. The van der Waals surface area contributed by atoms with E-state index in [-0.39, 0.29) is 11.5 Å². The minimum atomic E-state index is 0.214. The van der Waals surface area contributed by atoms with Gasteiger partial charge in [0.2, 0.25) is 0 Å². The highest BCUT2D eigenvalue weighted by molar-refractivity contribution is 6.31. The summed E-state index contributed by atoms with van der Waals surface area (Å²) in [5, 5.41) is 1.09. The molecule has 2 fully saturated rings. The van der Waals surface area contributed by atoms with E-state index in [1.807, 2.05) is 25.1 Å². The van der Waals surface area contributed by atoms with Gasteiger partial charge < -0.3 is 4.74 Å². The van der Waals surface area contributed by atoms with Crippen molar-refractivity contribution in [3.8, 4) is 5.75 Å². The van der Waals surface area contributed by atoms with Crippen LogP contribution in [0.25, 0.3) is 0 Å². The van der Waals surface area contributed by atoms with E-state index >= 15 is 0 Å². The van der Waals surface area contributed by atoms with E-state index in [9.17, 15) is 0 Å². The number of hydrogen-bond acceptors (Lipinski definition) is 1. The molecule has 0 N–H and O–H groups in total. The van der Waals surface area contributed by atoms with Crippen LogP contribution in [0.1, 0.15) is 50.5 Å². The summed E-state index contributed by atoms with van der Waals surface area (Å²) in [5.41, 5.74) is 1.28. The van der Waals surface area contributed by atoms with Crippen molar-refractivity contribution < 1.29 is 4.74 Å². The Hall–Kier alpha value is -0.400. The number of rotatable bonds is 2. The Balaban J connectivity index is 1.75. The van der Waals surface area contributed by atoms with Crippen LogP contribution in [0, 0.1) is 12.3 Å². The molecule has 110 valence electrons. The molecule has 0 radical (unpaired) electrons. The molecule has 0 amide bonds. The van der Waals surface area contributed by atoms with Crippen molar-refractivity contribution in [2.75, 3.05) is 0 Å². The minimum absolute atomic E-state index is 0.214. The highest BCUT2D eigenvalue weighted by Gasteiger charge is 2.55. The molecule has 0 bridgehead atoms. The van der Waals surface area contributed by atoms with Crippen LogP contribution in [0.3, 0.4) is 0 Å². The van der Waals surface area contributed by atoms with Crippen LogP contribution in [0.4, 0.5) is 0 Å². The first kappa shape index (κ1) is 14.5.